The molecule has 2 aromatic rings. The predicted octanol–water partition coefficient (Wildman–Crippen LogP) is 5.53. The van der Waals surface area contributed by atoms with Gasteiger partial charge in [0.2, 0.25) is 0 Å². The largest absolute Gasteiger partial charge is 0.493 e. The lowest BCUT2D eigenvalue weighted by Gasteiger charge is -2.29. The molecule has 0 fully saturated rings. The highest BCUT2D eigenvalue weighted by Crippen LogP contribution is 2.42. The average molecular weight is 480 g/mol. The van der Waals surface area contributed by atoms with Gasteiger partial charge in [0.15, 0.2) is 17.3 Å². The molecule has 0 aliphatic carbocycles. The second kappa shape index (κ2) is 8.84. The van der Waals surface area contributed by atoms with Crippen molar-refractivity contribution in [3.63, 3.8) is 0 Å². The molecule has 1 amide bonds. The Morgan fingerprint density at radius 2 is 1.87 bits per heavy atom. The molecule has 1 atom stereocenters. The van der Waals surface area contributed by atoms with E-state index in [1.165, 1.54) is 14.2 Å². The van der Waals surface area contributed by atoms with E-state index >= 15 is 4.39 Å². The van der Waals surface area contributed by atoms with Crippen molar-refractivity contribution in [1.82, 2.24) is 4.90 Å². The summed E-state index contributed by atoms with van der Waals surface area (Å²) >= 11 is 3.61. The molecule has 7 heteroatoms. The second-order valence-corrected chi connectivity index (χ2v) is 9.10. The summed E-state index contributed by atoms with van der Waals surface area (Å²) in [6, 6.07) is 9.59. The van der Waals surface area contributed by atoms with Crippen LogP contribution in [0.4, 0.5) is 9.18 Å². The number of ether oxygens (including phenoxy) is 3. The van der Waals surface area contributed by atoms with Gasteiger partial charge >= 0.3 is 6.09 Å². The van der Waals surface area contributed by atoms with Crippen LogP contribution in [0.15, 0.2) is 34.8 Å². The summed E-state index contributed by atoms with van der Waals surface area (Å²) in [5.41, 5.74) is 1.65. The number of hydrogen-bond acceptors (Lipinski definition) is 4. The van der Waals surface area contributed by atoms with Crippen LogP contribution in [0.3, 0.4) is 0 Å². The molecule has 2 aromatic carbocycles. The number of amides is 1. The minimum atomic E-state index is -0.614. The summed E-state index contributed by atoms with van der Waals surface area (Å²) in [5.74, 6) is -0.306. The molecule has 3 rings (SSSR count). The van der Waals surface area contributed by atoms with Crippen molar-refractivity contribution in [3.8, 4) is 11.5 Å². The van der Waals surface area contributed by atoms with Gasteiger partial charge in [-0.25, -0.2) is 9.18 Å². The number of halogens is 2. The average Bonchev–Trinajstić information content (AvgIpc) is 2.87. The van der Waals surface area contributed by atoms with E-state index in [4.69, 9.17) is 14.2 Å². The highest BCUT2D eigenvalue weighted by atomic mass is 79.9. The number of rotatable bonds is 3. The lowest BCUT2D eigenvalue weighted by Crippen LogP contribution is -2.39. The number of methoxy groups -OCH3 is 2. The van der Waals surface area contributed by atoms with Gasteiger partial charge in [0.1, 0.15) is 5.60 Å². The summed E-state index contributed by atoms with van der Waals surface area (Å²) in [6.07, 6.45) is -0.0615. The van der Waals surface area contributed by atoms with Gasteiger partial charge < -0.3 is 19.1 Å². The fourth-order valence-electron chi connectivity index (χ4n) is 3.75. The highest BCUT2D eigenvalue weighted by molar-refractivity contribution is 9.10. The molecule has 0 saturated carbocycles. The first kappa shape index (κ1) is 22.4. The standard InChI is InChI=1S/C23H27BrFNO4/c1-23(2,3)30-22(27)26-11-10-15-16(12-19(28-4)21(29-5)20(15)25)17(13-26)14-8-6-7-9-18(14)24/h6-9,12,17H,10-11,13H2,1-5H3. The van der Waals surface area contributed by atoms with Gasteiger partial charge in [-0.3, -0.25) is 0 Å². The number of nitrogens with zero attached hydrogens (tertiary/aromatic N) is 1. The van der Waals surface area contributed by atoms with Crippen molar-refractivity contribution < 1.29 is 23.4 Å². The normalized spacial score (nSPS) is 16.5. The lowest BCUT2D eigenvalue weighted by atomic mass is 9.87. The zero-order valence-corrected chi connectivity index (χ0v) is 19.5. The van der Waals surface area contributed by atoms with E-state index in [9.17, 15) is 4.79 Å². The maximum atomic E-state index is 15.4. The third-order valence-electron chi connectivity index (χ3n) is 5.09. The molecule has 0 bridgehead atoms. The van der Waals surface area contributed by atoms with Gasteiger partial charge in [0.05, 0.1) is 14.2 Å². The Labute approximate surface area is 185 Å². The van der Waals surface area contributed by atoms with Crippen LogP contribution in [0.5, 0.6) is 11.5 Å². The van der Waals surface area contributed by atoms with Crippen molar-refractivity contribution in [1.29, 1.82) is 0 Å². The monoisotopic (exact) mass is 479 g/mol. The Kier molecular flexibility index (Phi) is 6.60. The lowest BCUT2D eigenvalue weighted by molar-refractivity contribution is 0.0251. The first-order chi connectivity index (χ1) is 14.2. The number of fused-ring (bicyclic) bond motifs is 1. The molecular formula is C23H27BrFNO4. The molecule has 0 spiro atoms. The molecule has 1 aliphatic rings. The van der Waals surface area contributed by atoms with E-state index in [1.807, 2.05) is 51.1 Å². The van der Waals surface area contributed by atoms with E-state index in [0.29, 0.717) is 30.8 Å². The molecule has 1 unspecified atom stereocenters. The quantitative estimate of drug-likeness (QED) is 0.580. The first-order valence-electron chi connectivity index (χ1n) is 9.81. The maximum Gasteiger partial charge on any atom is 0.410 e. The van der Waals surface area contributed by atoms with Crippen LogP contribution in [0.1, 0.15) is 43.4 Å². The van der Waals surface area contributed by atoms with Crippen molar-refractivity contribution >= 4 is 22.0 Å². The molecular weight excluding hydrogens is 453 g/mol. The summed E-state index contributed by atoms with van der Waals surface area (Å²) in [5, 5.41) is 0. The van der Waals surface area contributed by atoms with Gasteiger partial charge in [0, 0.05) is 23.5 Å². The predicted molar refractivity (Wildman–Crippen MR) is 117 cm³/mol. The molecule has 1 aliphatic heterocycles. The third-order valence-corrected chi connectivity index (χ3v) is 5.81. The van der Waals surface area contributed by atoms with Crippen LogP contribution >= 0.6 is 15.9 Å². The fourth-order valence-corrected chi connectivity index (χ4v) is 4.31. The fraction of sp³-hybridized carbons (Fsp3) is 0.435. The molecule has 0 radical (unpaired) electrons. The van der Waals surface area contributed by atoms with Crippen molar-refractivity contribution in [2.24, 2.45) is 0 Å². The van der Waals surface area contributed by atoms with E-state index in [0.717, 1.165) is 15.6 Å². The van der Waals surface area contributed by atoms with Gasteiger partial charge in [-0.15, -0.1) is 0 Å². The van der Waals surface area contributed by atoms with Gasteiger partial charge in [-0.05, 0) is 56.0 Å². The summed E-state index contributed by atoms with van der Waals surface area (Å²) in [4.78, 5) is 14.5. The Bertz CT molecular complexity index is 942. The van der Waals surface area contributed by atoms with Gasteiger partial charge in [0.25, 0.3) is 0 Å². The molecule has 1 heterocycles. The molecule has 5 nitrogen and oxygen atoms in total. The molecule has 0 N–H and O–H groups in total. The summed E-state index contributed by atoms with van der Waals surface area (Å²) in [6.45, 7) is 6.20. The third kappa shape index (κ3) is 4.56. The Hall–Kier alpha value is -2.28. The van der Waals surface area contributed by atoms with Gasteiger partial charge in [-0.1, -0.05) is 34.1 Å². The number of benzene rings is 2. The van der Waals surface area contributed by atoms with Gasteiger partial charge in [-0.2, -0.15) is 0 Å². The Balaban J connectivity index is 2.14. The zero-order chi connectivity index (χ0) is 22.1. The highest BCUT2D eigenvalue weighted by Gasteiger charge is 2.33. The van der Waals surface area contributed by atoms with Crippen LogP contribution in [-0.4, -0.2) is 43.9 Å². The van der Waals surface area contributed by atoms with Crippen molar-refractivity contribution in [2.75, 3.05) is 27.3 Å². The number of carbonyl (C=O) groups excluding carboxylic acids is 1. The van der Waals surface area contributed by atoms with Crippen LogP contribution in [0, 0.1) is 5.82 Å². The van der Waals surface area contributed by atoms with Crippen LogP contribution < -0.4 is 9.47 Å². The first-order valence-corrected chi connectivity index (χ1v) is 10.6. The number of hydrogen-bond donors (Lipinski definition) is 0. The van der Waals surface area contributed by atoms with Crippen LogP contribution in [0.25, 0.3) is 0 Å². The van der Waals surface area contributed by atoms with Crippen LogP contribution in [0.2, 0.25) is 0 Å². The molecule has 30 heavy (non-hydrogen) atoms. The van der Waals surface area contributed by atoms with E-state index in [1.54, 1.807) is 4.90 Å². The zero-order valence-electron chi connectivity index (χ0n) is 17.9. The minimum absolute atomic E-state index is 0.0767. The second-order valence-electron chi connectivity index (χ2n) is 8.24. The van der Waals surface area contributed by atoms with E-state index in [2.05, 4.69) is 15.9 Å². The molecule has 0 saturated heterocycles. The van der Waals surface area contributed by atoms with Crippen molar-refractivity contribution in [2.45, 2.75) is 38.7 Å². The SMILES string of the molecule is COc1cc2c(c(F)c1OC)CCN(C(=O)OC(C)(C)C)CC2c1ccccc1Br. The van der Waals surface area contributed by atoms with Crippen molar-refractivity contribution in [3.05, 3.63) is 57.3 Å². The number of carbonyl (C=O) groups is 1. The smallest absolute Gasteiger partial charge is 0.410 e. The maximum absolute atomic E-state index is 15.4. The molecule has 162 valence electrons. The van der Waals surface area contributed by atoms with E-state index in [-0.39, 0.29) is 11.7 Å². The van der Waals surface area contributed by atoms with E-state index < -0.39 is 17.5 Å². The Morgan fingerprint density at radius 3 is 2.47 bits per heavy atom. The van der Waals surface area contributed by atoms with Crippen LogP contribution in [-0.2, 0) is 11.2 Å². The minimum Gasteiger partial charge on any atom is -0.493 e. The summed E-state index contributed by atoms with van der Waals surface area (Å²) in [7, 11) is 2.91. The summed E-state index contributed by atoms with van der Waals surface area (Å²) < 4.78 is 32.6. The molecule has 0 aromatic heterocycles. The Morgan fingerprint density at radius 1 is 1.17 bits per heavy atom. The topological polar surface area (TPSA) is 48.0 Å².